The van der Waals surface area contributed by atoms with Crippen LogP contribution in [0.4, 0.5) is 0 Å². The van der Waals surface area contributed by atoms with Gasteiger partial charge in [0.05, 0.1) is 5.92 Å². The molecule has 1 aromatic rings. The van der Waals surface area contributed by atoms with Gasteiger partial charge in [-0.05, 0) is 36.5 Å². The topological polar surface area (TPSA) is 66.8 Å². The number of carboxylic acid groups (broad SMARTS) is 1. The van der Waals surface area contributed by atoms with Crippen molar-refractivity contribution in [2.45, 2.75) is 39.0 Å². The van der Waals surface area contributed by atoms with Gasteiger partial charge in [0, 0.05) is 23.1 Å². The summed E-state index contributed by atoms with van der Waals surface area (Å²) in [5, 5.41) is 9.01. The number of hydrogen-bond donors (Lipinski definition) is 1. The third kappa shape index (κ3) is 4.72. The zero-order chi connectivity index (χ0) is 17.9. The smallest absolute Gasteiger partial charge is 0.306 e. The van der Waals surface area contributed by atoms with Gasteiger partial charge in [-0.1, -0.05) is 36.7 Å². The number of halogens is 1. The van der Waals surface area contributed by atoms with E-state index in [1.54, 1.807) is 4.90 Å². The number of rotatable bonds is 4. The average molecular weight is 398 g/mol. The number of benzene rings is 1. The zero-order valence-electron chi connectivity index (χ0n) is 14.3. The molecule has 0 aliphatic carbocycles. The van der Waals surface area contributed by atoms with Crippen molar-refractivity contribution in [3.8, 4) is 5.75 Å². The van der Waals surface area contributed by atoms with E-state index in [1.165, 1.54) is 0 Å². The van der Waals surface area contributed by atoms with Gasteiger partial charge in [0.15, 0.2) is 6.61 Å². The quantitative estimate of drug-likeness (QED) is 0.844. The number of piperidine rings is 1. The maximum absolute atomic E-state index is 12.3. The van der Waals surface area contributed by atoms with E-state index in [-0.39, 0.29) is 23.8 Å². The number of aliphatic carboxylic acids is 1. The highest BCUT2D eigenvalue weighted by molar-refractivity contribution is 9.10. The minimum absolute atomic E-state index is 0.0253. The summed E-state index contributed by atoms with van der Waals surface area (Å²) < 4.78 is 6.75. The Morgan fingerprint density at radius 2 is 1.92 bits per heavy atom. The molecule has 0 aromatic heterocycles. The lowest BCUT2D eigenvalue weighted by Crippen LogP contribution is -2.42. The Morgan fingerprint density at radius 1 is 1.29 bits per heavy atom. The van der Waals surface area contributed by atoms with Crippen LogP contribution in [0.15, 0.2) is 22.7 Å². The molecule has 5 nitrogen and oxygen atoms in total. The maximum atomic E-state index is 12.3. The van der Waals surface area contributed by atoms with Crippen LogP contribution in [-0.4, -0.2) is 41.6 Å². The lowest BCUT2D eigenvalue weighted by molar-refractivity contribution is -0.146. The average Bonchev–Trinajstić information content (AvgIpc) is 2.52. The Bertz CT molecular complexity index is 616. The summed E-state index contributed by atoms with van der Waals surface area (Å²) >= 11 is 3.47. The number of hydrogen-bond acceptors (Lipinski definition) is 3. The summed E-state index contributed by atoms with van der Waals surface area (Å²) in [5.41, 5.74) is 0.941. The molecule has 6 heteroatoms. The Balaban J connectivity index is 1.97. The predicted molar refractivity (Wildman–Crippen MR) is 95.3 cm³/mol. The Hall–Kier alpha value is -1.56. The molecular formula is C18H24BrNO4. The first-order valence-electron chi connectivity index (χ1n) is 8.12. The molecule has 1 aromatic carbocycles. The summed E-state index contributed by atoms with van der Waals surface area (Å²) in [6.45, 7) is 7.22. The molecule has 132 valence electrons. The van der Waals surface area contributed by atoms with E-state index in [0.29, 0.717) is 31.7 Å². The van der Waals surface area contributed by atoms with Crippen LogP contribution in [0.2, 0.25) is 0 Å². The SMILES string of the molecule is CC(C)(C)c1cc(Br)ccc1OCC(=O)N1CCC(C(=O)O)CC1. The maximum Gasteiger partial charge on any atom is 0.306 e. The van der Waals surface area contributed by atoms with E-state index in [9.17, 15) is 9.59 Å². The third-order valence-corrected chi connectivity index (χ3v) is 4.79. The fraction of sp³-hybridized carbons (Fsp3) is 0.556. The second-order valence-electron chi connectivity index (χ2n) is 7.17. The van der Waals surface area contributed by atoms with Crippen molar-refractivity contribution in [1.29, 1.82) is 0 Å². The number of likely N-dealkylation sites (tertiary alicyclic amines) is 1. The van der Waals surface area contributed by atoms with Crippen molar-refractivity contribution >= 4 is 27.8 Å². The third-order valence-electron chi connectivity index (χ3n) is 4.30. The van der Waals surface area contributed by atoms with E-state index in [2.05, 4.69) is 36.7 Å². The molecule has 0 saturated carbocycles. The van der Waals surface area contributed by atoms with Crippen molar-refractivity contribution in [2.24, 2.45) is 5.92 Å². The van der Waals surface area contributed by atoms with Gasteiger partial charge in [0.25, 0.3) is 5.91 Å². The standard InChI is InChI=1S/C18H24BrNO4/c1-18(2,3)14-10-13(19)4-5-15(14)24-11-16(21)20-8-6-12(7-9-20)17(22)23/h4-5,10,12H,6-9,11H2,1-3H3,(H,22,23). The number of carbonyl (C=O) groups excluding carboxylic acids is 1. The van der Waals surface area contributed by atoms with E-state index < -0.39 is 5.97 Å². The van der Waals surface area contributed by atoms with Crippen molar-refractivity contribution in [1.82, 2.24) is 4.90 Å². The van der Waals surface area contributed by atoms with Gasteiger partial charge in [-0.25, -0.2) is 0 Å². The molecule has 1 saturated heterocycles. The van der Waals surface area contributed by atoms with Gasteiger partial charge in [-0.3, -0.25) is 9.59 Å². The highest BCUT2D eigenvalue weighted by Gasteiger charge is 2.27. The molecule has 0 bridgehead atoms. The number of carboxylic acids is 1. The van der Waals surface area contributed by atoms with Gasteiger partial charge in [0.2, 0.25) is 0 Å². The van der Waals surface area contributed by atoms with Crippen LogP contribution in [0.25, 0.3) is 0 Å². The number of carbonyl (C=O) groups is 2. The first-order valence-corrected chi connectivity index (χ1v) is 8.91. The molecule has 1 aliphatic rings. The predicted octanol–water partition coefficient (Wildman–Crippen LogP) is 3.45. The highest BCUT2D eigenvalue weighted by atomic mass is 79.9. The van der Waals surface area contributed by atoms with Crippen LogP contribution in [-0.2, 0) is 15.0 Å². The summed E-state index contributed by atoms with van der Waals surface area (Å²) in [6.07, 6.45) is 1.01. The monoisotopic (exact) mass is 397 g/mol. The minimum Gasteiger partial charge on any atom is -0.483 e. The number of amides is 1. The molecule has 0 unspecified atom stereocenters. The molecular weight excluding hydrogens is 374 g/mol. The minimum atomic E-state index is -0.775. The summed E-state index contributed by atoms with van der Waals surface area (Å²) in [5.74, 6) is -0.502. The largest absolute Gasteiger partial charge is 0.483 e. The van der Waals surface area contributed by atoms with Crippen LogP contribution >= 0.6 is 15.9 Å². The molecule has 1 heterocycles. The first-order chi connectivity index (χ1) is 11.2. The lowest BCUT2D eigenvalue weighted by atomic mass is 9.86. The summed E-state index contributed by atoms with van der Waals surface area (Å²) in [6, 6.07) is 5.78. The van der Waals surface area contributed by atoms with Crippen LogP contribution in [0.5, 0.6) is 5.75 Å². The summed E-state index contributed by atoms with van der Waals surface area (Å²) in [4.78, 5) is 25.0. The van der Waals surface area contributed by atoms with Crippen molar-refractivity contribution in [3.63, 3.8) is 0 Å². The number of nitrogens with zero attached hydrogens (tertiary/aromatic N) is 1. The fourth-order valence-corrected chi connectivity index (χ4v) is 3.18. The normalized spacial score (nSPS) is 16.1. The van der Waals surface area contributed by atoms with Crippen LogP contribution in [0.1, 0.15) is 39.2 Å². The second kappa shape index (κ2) is 7.55. The van der Waals surface area contributed by atoms with Crippen LogP contribution in [0, 0.1) is 5.92 Å². The van der Waals surface area contributed by atoms with Crippen molar-refractivity contribution in [2.75, 3.05) is 19.7 Å². The van der Waals surface area contributed by atoms with Gasteiger partial charge in [-0.2, -0.15) is 0 Å². The summed E-state index contributed by atoms with van der Waals surface area (Å²) in [7, 11) is 0. The molecule has 1 aliphatic heterocycles. The van der Waals surface area contributed by atoms with Gasteiger partial charge in [-0.15, -0.1) is 0 Å². The van der Waals surface area contributed by atoms with Gasteiger partial charge < -0.3 is 14.7 Å². The molecule has 1 fully saturated rings. The first kappa shape index (κ1) is 18.8. The van der Waals surface area contributed by atoms with Crippen LogP contribution in [0.3, 0.4) is 0 Å². The van der Waals surface area contributed by atoms with Crippen molar-refractivity contribution < 1.29 is 19.4 Å². The Kier molecular flexibility index (Phi) is 5.91. The molecule has 0 spiro atoms. The van der Waals surface area contributed by atoms with Gasteiger partial charge >= 0.3 is 5.97 Å². The van der Waals surface area contributed by atoms with E-state index >= 15 is 0 Å². The molecule has 0 radical (unpaired) electrons. The van der Waals surface area contributed by atoms with E-state index in [4.69, 9.17) is 9.84 Å². The highest BCUT2D eigenvalue weighted by Crippen LogP contribution is 2.33. The molecule has 0 atom stereocenters. The van der Waals surface area contributed by atoms with Crippen LogP contribution < -0.4 is 4.74 Å². The number of ether oxygens (including phenoxy) is 1. The van der Waals surface area contributed by atoms with E-state index in [1.807, 2.05) is 18.2 Å². The fourth-order valence-electron chi connectivity index (χ4n) is 2.82. The molecule has 24 heavy (non-hydrogen) atoms. The van der Waals surface area contributed by atoms with Crippen molar-refractivity contribution in [3.05, 3.63) is 28.2 Å². The molecule has 1 amide bonds. The molecule has 2 rings (SSSR count). The molecule has 1 N–H and O–H groups in total. The second-order valence-corrected chi connectivity index (χ2v) is 8.09. The van der Waals surface area contributed by atoms with E-state index in [0.717, 1.165) is 10.0 Å². The Morgan fingerprint density at radius 3 is 2.46 bits per heavy atom. The Labute approximate surface area is 151 Å². The zero-order valence-corrected chi connectivity index (χ0v) is 15.9. The van der Waals surface area contributed by atoms with Gasteiger partial charge in [0.1, 0.15) is 5.75 Å². The lowest BCUT2D eigenvalue weighted by Gasteiger charge is -2.30.